The maximum atomic E-state index is 11.5. The Morgan fingerprint density at radius 3 is 2.77 bits per heavy atom. The first-order valence-corrected chi connectivity index (χ1v) is 4.80. The first-order chi connectivity index (χ1) is 6.13. The second-order valence-electron chi connectivity index (χ2n) is 3.71. The first-order valence-electron chi connectivity index (χ1n) is 4.80. The zero-order valence-corrected chi connectivity index (χ0v) is 8.58. The van der Waals surface area contributed by atoms with Crippen molar-refractivity contribution in [1.29, 1.82) is 0 Å². The summed E-state index contributed by atoms with van der Waals surface area (Å²) in [6.07, 6.45) is 2.99. The van der Waals surface area contributed by atoms with E-state index in [1.54, 1.807) is 10.6 Å². The molecule has 0 N–H and O–H groups in total. The molecule has 0 saturated carbocycles. The number of rotatable bonds is 3. The normalized spacial score (nSPS) is 12.8. The van der Waals surface area contributed by atoms with E-state index in [1.165, 1.54) is 0 Å². The molecule has 1 rings (SSSR count). The van der Waals surface area contributed by atoms with E-state index in [0.29, 0.717) is 5.92 Å². The molecule has 0 amide bonds. The van der Waals surface area contributed by atoms with Crippen LogP contribution < -0.4 is 5.56 Å². The molecule has 0 unspecified atom stereocenters. The third kappa shape index (κ3) is 2.72. The zero-order valence-electron chi connectivity index (χ0n) is 8.58. The van der Waals surface area contributed by atoms with Crippen LogP contribution in [-0.4, -0.2) is 4.57 Å². The summed E-state index contributed by atoms with van der Waals surface area (Å²) in [5.74, 6) is 0.570. The highest BCUT2D eigenvalue weighted by Crippen LogP contribution is 2.03. The molecule has 2 heteroatoms. The summed E-state index contributed by atoms with van der Waals surface area (Å²) in [6.45, 7) is 7.07. The molecule has 13 heavy (non-hydrogen) atoms. The molecule has 1 atom stereocenters. The van der Waals surface area contributed by atoms with Crippen LogP contribution in [0.3, 0.4) is 0 Å². The minimum absolute atomic E-state index is 0.111. The molecule has 0 aliphatic heterocycles. The highest BCUT2D eigenvalue weighted by Gasteiger charge is 2.01. The van der Waals surface area contributed by atoms with Gasteiger partial charge in [0.25, 0.3) is 5.56 Å². The Morgan fingerprint density at radius 2 is 2.23 bits per heavy atom. The predicted molar refractivity (Wildman–Crippen MR) is 54.9 cm³/mol. The van der Waals surface area contributed by atoms with Gasteiger partial charge in [-0.1, -0.05) is 20.3 Å². The van der Waals surface area contributed by atoms with Crippen molar-refractivity contribution in [2.24, 2.45) is 5.92 Å². The summed E-state index contributed by atoms with van der Waals surface area (Å²) >= 11 is 0. The maximum absolute atomic E-state index is 11.5. The minimum atomic E-state index is 0.111. The summed E-state index contributed by atoms with van der Waals surface area (Å²) in [5.41, 5.74) is 1.14. The molecule has 1 heterocycles. The third-order valence-electron chi connectivity index (χ3n) is 2.36. The summed E-state index contributed by atoms with van der Waals surface area (Å²) in [4.78, 5) is 11.5. The minimum Gasteiger partial charge on any atom is -0.315 e. The number of aryl methyl sites for hydroxylation is 1. The SMILES string of the molecule is CC[C@H](C)Cn1ccc(C)cc1=O. The molecule has 1 aromatic rings. The molecule has 0 aromatic carbocycles. The van der Waals surface area contributed by atoms with Crippen molar-refractivity contribution >= 4 is 0 Å². The van der Waals surface area contributed by atoms with E-state index < -0.39 is 0 Å². The van der Waals surface area contributed by atoms with Crippen molar-refractivity contribution in [2.75, 3.05) is 0 Å². The standard InChI is InChI=1S/C11H17NO/c1-4-9(2)8-12-6-5-10(3)7-11(12)13/h5-7,9H,4,8H2,1-3H3/t9-/m0/s1. The van der Waals surface area contributed by atoms with Crippen LogP contribution >= 0.6 is 0 Å². The maximum Gasteiger partial charge on any atom is 0.250 e. The Kier molecular flexibility index (Phi) is 3.29. The van der Waals surface area contributed by atoms with Crippen LogP contribution in [0.15, 0.2) is 23.1 Å². The van der Waals surface area contributed by atoms with Gasteiger partial charge in [0.1, 0.15) is 0 Å². The van der Waals surface area contributed by atoms with Crippen LogP contribution in [0.25, 0.3) is 0 Å². The van der Waals surface area contributed by atoms with E-state index in [-0.39, 0.29) is 5.56 Å². The quantitative estimate of drug-likeness (QED) is 0.697. The molecule has 0 spiro atoms. The summed E-state index contributed by atoms with van der Waals surface area (Å²) < 4.78 is 1.78. The van der Waals surface area contributed by atoms with Gasteiger partial charge in [-0.15, -0.1) is 0 Å². The van der Waals surface area contributed by atoms with Crippen molar-refractivity contribution in [3.05, 3.63) is 34.2 Å². The number of hydrogen-bond donors (Lipinski definition) is 0. The van der Waals surface area contributed by atoms with E-state index in [9.17, 15) is 4.79 Å². The molecule has 72 valence electrons. The van der Waals surface area contributed by atoms with Gasteiger partial charge in [0.05, 0.1) is 0 Å². The molecule has 0 fully saturated rings. The van der Waals surface area contributed by atoms with Crippen molar-refractivity contribution in [3.63, 3.8) is 0 Å². The molecular weight excluding hydrogens is 162 g/mol. The number of nitrogens with zero attached hydrogens (tertiary/aromatic N) is 1. The predicted octanol–water partition coefficient (Wildman–Crippen LogP) is 2.20. The van der Waals surface area contributed by atoms with Crippen molar-refractivity contribution < 1.29 is 0 Å². The smallest absolute Gasteiger partial charge is 0.250 e. The molecule has 0 aliphatic rings. The average molecular weight is 179 g/mol. The Bertz CT molecular complexity index is 327. The lowest BCUT2D eigenvalue weighted by atomic mass is 10.1. The molecule has 0 saturated heterocycles. The largest absolute Gasteiger partial charge is 0.315 e. The van der Waals surface area contributed by atoms with Gasteiger partial charge in [-0.05, 0) is 24.5 Å². The second kappa shape index (κ2) is 4.26. The van der Waals surface area contributed by atoms with E-state index in [1.807, 2.05) is 19.2 Å². The monoisotopic (exact) mass is 179 g/mol. The third-order valence-corrected chi connectivity index (χ3v) is 2.36. The zero-order chi connectivity index (χ0) is 9.84. The number of pyridine rings is 1. The fourth-order valence-corrected chi connectivity index (χ4v) is 1.22. The summed E-state index contributed by atoms with van der Waals surface area (Å²) in [6, 6.07) is 3.66. The van der Waals surface area contributed by atoms with Gasteiger partial charge in [-0.2, -0.15) is 0 Å². The molecular formula is C11H17NO. The molecule has 0 radical (unpaired) electrons. The van der Waals surface area contributed by atoms with Gasteiger partial charge in [-0.3, -0.25) is 4.79 Å². The number of hydrogen-bond acceptors (Lipinski definition) is 1. The van der Waals surface area contributed by atoms with Gasteiger partial charge in [0, 0.05) is 18.8 Å². The highest BCUT2D eigenvalue weighted by molar-refractivity contribution is 5.07. The second-order valence-corrected chi connectivity index (χ2v) is 3.71. The van der Waals surface area contributed by atoms with E-state index in [0.717, 1.165) is 18.5 Å². The highest BCUT2D eigenvalue weighted by atomic mass is 16.1. The van der Waals surface area contributed by atoms with Crippen molar-refractivity contribution in [1.82, 2.24) is 4.57 Å². The average Bonchev–Trinajstić information content (AvgIpc) is 2.09. The Morgan fingerprint density at radius 1 is 1.54 bits per heavy atom. The fraction of sp³-hybridized carbons (Fsp3) is 0.545. The van der Waals surface area contributed by atoms with Gasteiger partial charge in [0.2, 0.25) is 0 Å². The van der Waals surface area contributed by atoms with Crippen molar-refractivity contribution in [2.45, 2.75) is 33.7 Å². The van der Waals surface area contributed by atoms with Gasteiger partial charge < -0.3 is 4.57 Å². The Hall–Kier alpha value is -1.05. The van der Waals surface area contributed by atoms with Gasteiger partial charge in [0.15, 0.2) is 0 Å². The first kappa shape index (κ1) is 10.0. The lowest BCUT2D eigenvalue weighted by Gasteiger charge is -2.10. The molecule has 0 bridgehead atoms. The Labute approximate surface area is 79.2 Å². The van der Waals surface area contributed by atoms with Crippen LogP contribution in [0, 0.1) is 12.8 Å². The van der Waals surface area contributed by atoms with Crippen molar-refractivity contribution in [3.8, 4) is 0 Å². The van der Waals surface area contributed by atoms with Gasteiger partial charge in [-0.25, -0.2) is 0 Å². The van der Waals surface area contributed by atoms with Gasteiger partial charge >= 0.3 is 0 Å². The van der Waals surface area contributed by atoms with Crippen LogP contribution in [-0.2, 0) is 6.54 Å². The summed E-state index contributed by atoms with van der Waals surface area (Å²) in [5, 5.41) is 0. The molecule has 1 aromatic heterocycles. The van der Waals surface area contributed by atoms with E-state index >= 15 is 0 Å². The molecule has 2 nitrogen and oxygen atoms in total. The summed E-state index contributed by atoms with van der Waals surface area (Å²) in [7, 11) is 0. The lowest BCUT2D eigenvalue weighted by molar-refractivity contribution is 0.459. The lowest BCUT2D eigenvalue weighted by Crippen LogP contribution is -2.21. The fourth-order valence-electron chi connectivity index (χ4n) is 1.22. The molecule has 0 aliphatic carbocycles. The Balaban J connectivity index is 2.84. The topological polar surface area (TPSA) is 22.0 Å². The van der Waals surface area contributed by atoms with Crippen LogP contribution in [0.5, 0.6) is 0 Å². The van der Waals surface area contributed by atoms with Crippen LogP contribution in [0.4, 0.5) is 0 Å². The van der Waals surface area contributed by atoms with Crippen LogP contribution in [0.1, 0.15) is 25.8 Å². The van der Waals surface area contributed by atoms with E-state index in [2.05, 4.69) is 13.8 Å². The van der Waals surface area contributed by atoms with E-state index in [4.69, 9.17) is 0 Å². The van der Waals surface area contributed by atoms with Crippen LogP contribution in [0.2, 0.25) is 0 Å². The number of aromatic nitrogens is 1.